The van der Waals surface area contributed by atoms with Crippen molar-refractivity contribution in [1.82, 2.24) is 5.32 Å². The standard InChI is InChI=1S/C8H8Cl3N/c9-5-12-4-6-1-2-7(10)3-8(6)11/h1-3,12H,4-5H2. The fourth-order valence-corrected chi connectivity index (χ4v) is 1.42. The number of hydrogen-bond acceptors (Lipinski definition) is 1. The van der Waals surface area contributed by atoms with Gasteiger partial charge in [0, 0.05) is 16.6 Å². The molecule has 4 heteroatoms. The van der Waals surface area contributed by atoms with Crippen LogP contribution >= 0.6 is 34.8 Å². The van der Waals surface area contributed by atoms with Gasteiger partial charge in [-0.15, -0.1) is 11.6 Å². The van der Waals surface area contributed by atoms with E-state index in [-0.39, 0.29) is 0 Å². The summed E-state index contributed by atoms with van der Waals surface area (Å²) in [5.41, 5.74) is 1.00. The van der Waals surface area contributed by atoms with E-state index in [9.17, 15) is 0 Å². The molecule has 1 rings (SSSR count). The van der Waals surface area contributed by atoms with Crippen molar-refractivity contribution >= 4 is 34.8 Å². The highest BCUT2D eigenvalue weighted by atomic mass is 35.5. The van der Waals surface area contributed by atoms with Gasteiger partial charge >= 0.3 is 0 Å². The number of nitrogens with one attached hydrogen (secondary N) is 1. The molecule has 1 N–H and O–H groups in total. The van der Waals surface area contributed by atoms with Gasteiger partial charge in [0.1, 0.15) is 0 Å². The van der Waals surface area contributed by atoms with Gasteiger partial charge in [0.25, 0.3) is 0 Å². The molecule has 0 unspecified atom stereocenters. The Labute approximate surface area is 86.6 Å². The lowest BCUT2D eigenvalue weighted by Gasteiger charge is -2.03. The molecule has 0 saturated carbocycles. The highest BCUT2D eigenvalue weighted by Gasteiger charge is 1.99. The molecule has 12 heavy (non-hydrogen) atoms. The van der Waals surface area contributed by atoms with Crippen molar-refractivity contribution in [1.29, 1.82) is 0 Å². The molecule has 0 saturated heterocycles. The number of halogens is 3. The second-order valence-corrected chi connectivity index (χ2v) is 3.41. The maximum absolute atomic E-state index is 5.90. The van der Waals surface area contributed by atoms with E-state index in [1.54, 1.807) is 12.1 Å². The van der Waals surface area contributed by atoms with Crippen LogP contribution in [-0.2, 0) is 6.54 Å². The van der Waals surface area contributed by atoms with E-state index in [1.165, 1.54) is 0 Å². The van der Waals surface area contributed by atoms with Crippen molar-refractivity contribution in [2.24, 2.45) is 0 Å². The first-order valence-corrected chi connectivity index (χ1v) is 4.73. The Bertz CT molecular complexity index is 262. The lowest BCUT2D eigenvalue weighted by Crippen LogP contribution is -2.10. The van der Waals surface area contributed by atoms with E-state index in [4.69, 9.17) is 34.8 Å². The third kappa shape index (κ3) is 2.83. The highest BCUT2D eigenvalue weighted by Crippen LogP contribution is 2.20. The quantitative estimate of drug-likeness (QED) is 0.614. The molecule has 0 aromatic heterocycles. The first-order valence-electron chi connectivity index (χ1n) is 3.44. The van der Waals surface area contributed by atoms with Crippen molar-refractivity contribution in [2.75, 3.05) is 6.00 Å². The zero-order chi connectivity index (χ0) is 8.97. The molecule has 0 aliphatic rings. The van der Waals surface area contributed by atoms with Crippen LogP contribution in [0.15, 0.2) is 18.2 Å². The Morgan fingerprint density at radius 3 is 2.58 bits per heavy atom. The summed E-state index contributed by atoms with van der Waals surface area (Å²) in [7, 11) is 0. The Morgan fingerprint density at radius 2 is 2.00 bits per heavy atom. The molecule has 0 aliphatic carbocycles. The van der Waals surface area contributed by atoms with Crippen LogP contribution in [-0.4, -0.2) is 6.00 Å². The normalized spacial score (nSPS) is 10.2. The maximum atomic E-state index is 5.90. The van der Waals surface area contributed by atoms with Gasteiger partial charge in [0.15, 0.2) is 0 Å². The summed E-state index contributed by atoms with van der Waals surface area (Å²) >= 11 is 17.1. The van der Waals surface area contributed by atoms with E-state index in [1.807, 2.05) is 6.07 Å². The molecule has 0 bridgehead atoms. The van der Waals surface area contributed by atoms with Crippen LogP contribution in [0.1, 0.15) is 5.56 Å². The summed E-state index contributed by atoms with van der Waals surface area (Å²) in [5.74, 6) is 0. The van der Waals surface area contributed by atoms with Crippen molar-refractivity contribution in [3.8, 4) is 0 Å². The van der Waals surface area contributed by atoms with Gasteiger partial charge < -0.3 is 0 Å². The molecule has 0 aliphatic heterocycles. The Balaban J connectivity index is 2.72. The third-order valence-electron chi connectivity index (χ3n) is 1.43. The molecule has 1 aromatic carbocycles. The topological polar surface area (TPSA) is 12.0 Å². The van der Waals surface area contributed by atoms with Gasteiger partial charge in [-0.25, -0.2) is 0 Å². The van der Waals surface area contributed by atoms with Crippen molar-refractivity contribution in [3.63, 3.8) is 0 Å². The molecule has 0 fully saturated rings. The fourth-order valence-electron chi connectivity index (χ4n) is 0.847. The van der Waals surface area contributed by atoms with Gasteiger partial charge in [0.05, 0.1) is 6.00 Å². The van der Waals surface area contributed by atoms with Crippen molar-refractivity contribution in [3.05, 3.63) is 33.8 Å². The largest absolute Gasteiger partial charge is 0.300 e. The van der Waals surface area contributed by atoms with Crippen LogP contribution in [0.3, 0.4) is 0 Å². The molecule has 0 heterocycles. The average Bonchev–Trinajstić information content (AvgIpc) is 2.03. The van der Waals surface area contributed by atoms with E-state index >= 15 is 0 Å². The zero-order valence-corrected chi connectivity index (χ0v) is 8.55. The number of hydrogen-bond donors (Lipinski definition) is 1. The van der Waals surface area contributed by atoms with E-state index in [2.05, 4.69) is 5.32 Å². The first kappa shape index (κ1) is 10.1. The second kappa shape index (κ2) is 4.93. The van der Waals surface area contributed by atoms with Crippen LogP contribution in [0.4, 0.5) is 0 Å². The van der Waals surface area contributed by atoms with Gasteiger partial charge in [-0.1, -0.05) is 29.3 Å². The molecule has 0 atom stereocenters. The molecule has 1 nitrogen and oxygen atoms in total. The molecular formula is C8H8Cl3N. The molecule has 66 valence electrons. The monoisotopic (exact) mass is 223 g/mol. The highest BCUT2D eigenvalue weighted by molar-refractivity contribution is 6.35. The summed E-state index contributed by atoms with van der Waals surface area (Å²) in [6.45, 7) is 0.666. The Morgan fingerprint density at radius 1 is 1.25 bits per heavy atom. The third-order valence-corrected chi connectivity index (χ3v) is 2.20. The summed E-state index contributed by atoms with van der Waals surface area (Å²) in [5, 5.41) is 4.28. The number of alkyl halides is 1. The van der Waals surface area contributed by atoms with E-state index < -0.39 is 0 Å². The second-order valence-electron chi connectivity index (χ2n) is 2.30. The summed E-state index contributed by atoms with van der Waals surface area (Å²) in [6, 6.07) is 5.82. The number of benzene rings is 1. The van der Waals surface area contributed by atoms with Gasteiger partial charge in [-0.3, -0.25) is 5.32 Å². The van der Waals surface area contributed by atoms with Crippen LogP contribution in [0.2, 0.25) is 10.0 Å². The fraction of sp³-hybridized carbons (Fsp3) is 0.250. The van der Waals surface area contributed by atoms with E-state index in [0.717, 1.165) is 5.56 Å². The van der Waals surface area contributed by atoms with Gasteiger partial charge in [-0.2, -0.15) is 0 Å². The minimum absolute atomic E-state index is 0.416. The Hall–Kier alpha value is 0.0500. The van der Waals surface area contributed by atoms with Crippen LogP contribution in [0.25, 0.3) is 0 Å². The summed E-state index contributed by atoms with van der Waals surface area (Å²) in [4.78, 5) is 0. The molecular weight excluding hydrogens is 216 g/mol. The maximum Gasteiger partial charge on any atom is 0.0716 e. The van der Waals surface area contributed by atoms with E-state index in [0.29, 0.717) is 22.6 Å². The van der Waals surface area contributed by atoms with Crippen molar-refractivity contribution in [2.45, 2.75) is 6.54 Å². The average molecular weight is 225 g/mol. The zero-order valence-electron chi connectivity index (χ0n) is 6.28. The van der Waals surface area contributed by atoms with Crippen LogP contribution < -0.4 is 5.32 Å². The smallest absolute Gasteiger partial charge is 0.0716 e. The van der Waals surface area contributed by atoms with Crippen molar-refractivity contribution < 1.29 is 0 Å². The molecule has 0 radical (unpaired) electrons. The summed E-state index contributed by atoms with van der Waals surface area (Å²) < 4.78 is 0. The Kier molecular flexibility index (Phi) is 4.16. The van der Waals surface area contributed by atoms with Gasteiger partial charge in [0.2, 0.25) is 0 Å². The molecule has 1 aromatic rings. The lowest BCUT2D eigenvalue weighted by molar-refractivity contribution is 0.792. The van der Waals surface area contributed by atoms with Crippen LogP contribution in [0, 0.1) is 0 Å². The summed E-state index contributed by atoms with van der Waals surface area (Å²) in [6.07, 6.45) is 0. The molecule has 0 amide bonds. The SMILES string of the molecule is ClCNCc1ccc(Cl)cc1Cl. The predicted octanol–water partition coefficient (Wildman–Crippen LogP) is 3.28. The van der Waals surface area contributed by atoms with Gasteiger partial charge in [-0.05, 0) is 17.7 Å². The first-order chi connectivity index (χ1) is 5.74. The predicted molar refractivity (Wildman–Crippen MR) is 54.0 cm³/mol. The number of rotatable bonds is 3. The minimum atomic E-state index is 0.416. The molecule has 0 spiro atoms. The lowest BCUT2D eigenvalue weighted by atomic mass is 10.2. The van der Waals surface area contributed by atoms with Crippen LogP contribution in [0.5, 0.6) is 0 Å². The minimum Gasteiger partial charge on any atom is -0.300 e.